The molecule has 1 saturated heterocycles. The Kier molecular flexibility index (Phi) is 6.27. The van der Waals surface area contributed by atoms with Crippen LogP contribution in [-0.2, 0) is 4.79 Å². The monoisotopic (exact) mass is 425 g/mol. The van der Waals surface area contributed by atoms with Gasteiger partial charge in [0, 0.05) is 42.6 Å². The van der Waals surface area contributed by atoms with Crippen molar-refractivity contribution in [3.05, 3.63) is 24.0 Å². The molecule has 1 N–H and O–H groups in total. The number of nitrogens with zero attached hydrogens (tertiary/aromatic N) is 4. The maximum absolute atomic E-state index is 12.1. The van der Waals surface area contributed by atoms with Crippen molar-refractivity contribution in [2.75, 3.05) is 52.8 Å². The maximum Gasteiger partial charge on any atom is 0.222 e. The number of rotatable bonds is 6. The number of amides is 1. The molecule has 1 fully saturated rings. The number of likely N-dealkylation sites (tertiary alicyclic amines) is 1. The summed E-state index contributed by atoms with van der Waals surface area (Å²) < 4.78 is 11.0. The van der Waals surface area contributed by atoms with Gasteiger partial charge in [-0.1, -0.05) is 13.0 Å². The lowest BCUT2D eigenvalue weighted by molar-refractivity contribution is -0.129. The van der Waals surface area contributed by atoms with Crippen LogP contribution in [0.3, 0.4) is 0 Å². The number of ether oxygens (including phenoxy) is 2. The average Bonchev–Trinajstić information content (AvgIpc) is 3.29. The van der Waals surface area contributed by atoms with Gasteiger partial charge in [0.1, 0.15) is 5.82 Å². The number of piperidine rings is 1. The van der Waals surface area contributed by atoms with E-state index < -0.39 is 0 Å². The molecular formula is C23H31N5O3. The Labute approximate surface area is 183 Å². The van der Waals surface area contributed by atoms with Crippen LogP contribution in [0.1, 0.15) is 32.0 Å². The van der Waals surface area contributed by atoms with Crippen LogP contribution in [0.5, 0.6) is 11.5 Å². The summed E-state index contributed by atoms with van der Waals surface area (Å²) in [7, 11) is 5.41. The number of hydrogen-bond acceptors (Lipinski definition) is 7. The molecule has 1 amide bonds. The van der Waals surface area contributed by atoms with E-state index in [1.54, 1.807) is 14.2 Å². The first-order valence-corrected chi connectivity index (χ1v) is 10.9. The molecule has 8 nitrogen and oxygen atoms in total. The molecule has 31 heavy (non-hydrogen) atoms. The zero-order valence-electron chi connectivity index (χ0n) is 18.8. The van der Waals surface area contributed by atoms with E-state index in [2.05, 4.69) is 23.3 Å². The van der Waals surface area contributed by atoms with E-state index in [1.165, 1.54) is 0 Å². The molecule has 2 aliphatic heterocycles. The Balaban J connectivity index is 1.72. The van der Waals surface area contributed by atoms with Crippen molar-refractivity contribution in [1.82, 2.24) is 19.8 Å². The molecule has 1 aromatic heterocycles. The van der Waals surface area contributed by atoms with Gasteiger partial charge in [-0.2, -0.15) is 0 Å². The largest absolute Gasteiger partial charge is 0.493 e. The number of hydrogen-bond donors (Lipinski definition) is 1. The molecule has 0 spiro atoms. The lowest BCUT2D eigenvalue weighted by Crippen LogP contribution is -2.37. The fourth-order valence-electron chi connectivity index (χ4n) is 4.19. The highest BCUT2D eigenvalue weighted by Crippen LogP contribution is 2.35. The predicted molar refractivity (Wildman–Crippen MR) is 122 cm³/mol. The van der Waals surface area contributed by atoms with Crippen LogP contribution in [0.25, 0.3) is 16.5 Å². The van der Waals surface area contributed by atoms with Crippen LogP contribution in [0.2, 0.25) is 0 Å². The van der Waals surface area contributed by atoms with Gasteiger partial charge in [0.15, 0.2) is 17.3 Å². The first kappa shape index (κ1) is 21.4. The number of methoxy groups -OCH3 is 2. The van der Waals surface area contributed by atoms with Gasteiger partial charge >= 0.3 is 0 Å². The van der Waals surface area contributed by atoms with E-state index in [9.17, 15) is 4.79 Å². The Bertz CT molecular complexity index is 998. The third kappa shape index (κ3) is 4.44. The van der Waals surface area contributed by atoms with Crippen molar-refractivity contribution < 1.29 is 14.3 Å². The highest BCUT2D eigenvalue weighted by molar-refractivity contribution is 5.93. The molecule has 0 radical (unpaired) electrons. The Morgan fingerprint density at radius 2 is 1.87 bits per heavy atom. The molecular weight excluding hydrogens is 394 g/mol. The van der Waals surface area contributed by atoms with Crippen LogP contribution in [0.4, 0.5) is 5.82 Å². The van der Waals surface area contributed by atoms with Crippen LogP contribution in [-0.4, -0.2) is 79.2 Å². The smallest absolute Gasteiger partial charge is 0.222 e. The Morgan fingerprint density at radius 3 is 2.55 bits per heavy atom. The van der Waals surface area contributed by atoms with E-state index in [0.717, 1.165) is 48.2 Å². The minimum atomic E-state index is 0.142. The van der Waals surface area contributed by atoms with Crippen LogP contribution in [0, 0.1) is 0 Å². The standard InChI is InChI=1S/C23H31N5O3/c1-5-21(29)28-11-6-15(14-28)22-25-18-13-20(31-4)19(30-3)12-17(18)23(26-22)24-16-7-9-27(2)10-8-16/h6,12-13,16H,5,7-11,14H2,1-4H3,(H,24,25,26). The molecule has 166 valence electrons. The molecule has 0 atom stereocenters. The Hall–Kier alpha value is -2.87. The Morgan fingerprint density at radius 1 is 1.16 bits per heavy atom. The summed E-state index contributed by atoms with van der Waals surface area (Å²) in [5.74, 6) is 2.88. The number of benzene rings is 1. The summed E-state index contributed by atoms with van der Waals surface area (Å²) in [4.78, 5) is 26.0. The van der Waals surface area contributed by atoms with E-state index in [4.69, 9.17) is 19.4 Å². The summed E-state index contributed by atoms with van der Waals surface area (Å²) >= 11 is 0. The van der Waals surface area contributed by atoms with E-state index in [1.807, 2.05) is 24.0 Å². The highest BCUT2D eigenvalue weighted by atomic mass is 16.5. The lowest BCUT2D eigenvalue weighted by Gasteiger charge is -2.30. The zero-order chi connectivity index (χ0) is 22.0. The third-order valence-corrected chi connectivity index (χ3v) is 6.12. The molecule has 4 rings (SSSR count). The fourth-order valence-corrected chi connectivity index (χ4v) is 4.19. The second-order valence-electron chi connectivity index (χ2n) is 8.20. The van der Waals surface area contributed by atoms with Gasteiger partial charge in [-0.25, -0.2) is 9.97 Å². The number of carbonyl (C=O) groups excluding carboxylic acids is 1. The van der Waals surface area contributed by atoms with Gasteiger partial charge in [0.05, 0.1) is 19.7 Å². The van der Waals surface area contributed by atoms with Crippen molar-refractivity contribution in [3.8, 4) is 11.5 Å². The maximum atomic E-state index is 12.1. The quantitative estimate of drug-likeness (QED) is 0.762. The van der Waals surface area contributed by atoms with Gasteiger partial charge in [0.25, 0.3) is 0 Å². The molecule has 8 heteroatoms. The summed E-state index contributed by atoms with van der Waals surface area (Å²) in [6, 6.07) is 4.18. The molecule has 1 aromatic carbocycles. The predicted octanol–water partition coefficient (Wildman–Crippen LogP) is 2.79. The van der Waals surface area contributed by atoms with Gasteiger partial charge in [0.2, 0.25) is 5.91 Å². The lowest BCUT2D eigenvalue weighted by atomic mass is 10.1. The second-order valence-corrected chi connectivity index (χ2v) is 8.20. The number of carbonyl (C=O) groups is 1. The van der Waals surface area contributed by atoms with E-state index >= 15 is 0 Å². The third-order valence-electron chi connectivity index (χ3n) is 6.12. The molecule has 3 heterocycles. The van der Waals surface area contributed by atoms with Crippen molar-refractivity contribution in [2.24, 2.45) is 0 Å². The van der Waals surface area contributed by atoms with Crippen LogP contribution in [0.15, 0.2) is 18.2 Å². The number of nitrogens with one attached hydrogen (secondary N) is 1. The average molecular weight is 426 g/mol. The minimum Gasteiger partial charge on any atom is -0.493 e. The molecule has 0 unspecified atom stereocenters. The van der Waals surface area contributed by atoms with E-state index in [0.29, 0.717) is 42.9 Å². The van der Waals surface area contributed by atoms with Gasteiger partial charge in [-0.3, -0.25) is 4.79 Å². The second kappa shape index (κ2) is 9.09. The van der Waals surface area contributed by atoms with Crippen molar-refractivity contribution in [1.29, 1.82) is 0 Å². The summed E-state index contributed by atoms with van der Waals surface area (Å²) in [6.45, 7) is 5.15. The zero-order valence-corrected chi connectivity index (χ0v) is 18.8. The number of anilines is 1. The highest BCUT2D eigenvalue weighted by Gasteiger charge is 2.24. The molecule has 0 bridgehead atoms. The first-order valence-electron chi connectivity index (χ1n) is 10.9. The van der Waals surface area contributed by atoms with Crippen LogP contribution < -0.4 is 14.8 Å². The minimum absolute atomic E-state index is 0.142. The number of fused-ring (bicyclic) bond motifs is 1. The normalized spacial score (nSPS) is 17.7. The van der Waals surface area contributed by atoms with Crippen molar-refractivity contribution in [3.63, 3.8) is 0 Å². The summed E-state index contributed by atoms with van der Waals surface area (Å²) in [5.41, 5.74) is 1.77. The summed E-state index contributed by atoms with van der Waals surface area (Å²) in [6.07, 6.45) is 4.67. The fraction of sp³-hybridized carbons (Fsp3) is 0.522. The molecule has 0 aliphatic carbocycles. The number of aromatic nitrogens is 2. The summed E-state index contributed by atoms with van der Waals surface area (Å²) in [5, 5.41) is 4.56. The van der Waals surface area contributed by atoms with Gasteiger partial charge in [-0.15, -0.1) is 0 Å². The van der Waals surface area contributed by atoms with Gasteiger partial charge in [-0.05, 0) is 39.0 Å². The molecule has 2 aliphatic rings. The SMILES string of the molecule is CCC(=O)N1CC=C(c2nc(NC3CCN(C)CC3)c3cc(OC)c(OC)cc3n2)C1. The van der Waals surface area contributed by atoms with Crippen molar-refractivity contribution >= 4 is 28.2 Å². The topological polar surface area (TPSA) is 79.8 Å². The molecule has 2 aromatic rings. The van der Waals surface area contributed by atoms with Crippen LogP contribution >= 0.6 is 0 Å². The first-order chi connectivity index (χ1) is 15.0. The van der Waals surface area contributed by atoms with E-state index in [-0.39, 0.29) is 5.91 Å². The molecule has 0 saturated carbocycles. The van der Waals surface area contributed by atoms with Crippen molar-refractivity contribution in [2.45, 2.75) is 32.2 Å². The van der Waals surface area contributed by atoms with Gasteiger partial charge < -0.3 is 24.6 Å².